The number of nitrogens with two attached hydrogens (primary N) is 1. The standard InChI is InChI=1S/C29H34N6O7/c30-22(12-17-3-7-20(36)8-4-17)26(38)33-23(13-18-5-9-21(37)10-6-18)28(40)35-11-1-2-25(35)27(39)34-24(29(41)42)14-19-15-31-16-32-19/h3-10,15-16,22-25,36-37H,1-2,11-14,30H2,(H,31,32)(H,33,38)(H,34,39)(H,41,42). The SMILES string of the molecule is NC(Cc1ccc(O)cc1)C(=O)NC(Cc1ccc(O)cc1)C(=O)N1CCCC1C(=O)NC(Cc1cnc[nH]1)C(=O)O. The molecule has 0 aliphatic carbocycles. The van der Waals surface area contributed by atoms with Gasteiger partial charge in [-0.05, 0) is 54.7 Å². The molecule has 0 saturated carbocycles. The van der Waals surface area contributed by atoms with Gasteiger partial charge in [0, 0.05) is 31.3 Å². The normalized spacial score (nSPS) is 16.8. The summed E-state index contributed by atoms with van der Waals surface area (Å²) in [5, 5.41) is 34.1. The van der Waals surface area contributed by atoms with Gasteiger partial charge < -0.3 is 41.6 Å². The smallest absolute Gasteiger partial charge is 0.326 e. The second-order valence-corrected chi connectivity index (χ2v) is 10.3. The van der Waals surface area contributed by atoms with Gasteiger partial charge in [0.1, 0.15) is 29.6 Å². The summed E-state index contributed by atoms with van der Waals surface area (Å²) in [6.45, 7) is 0.247. The van der Waals surface area contributed by atoms with Crippen LogP contribution in [0.5, 0.6) is 11.5 Å². The number of aliphatic carboxylic acids is 1. The van der Waals surface area contributed by atoms with Gasteiger partial charge in [0.15, 0.2) is 0 Å². The Bertz CT molecular complexity index is 1380. The Labute approximate surface area is 241 Å². The van der Waals surface area contributed by atoms with Crippen LogP contribution in [0.3, 0.4) is 0 Å². The number of aromatic nitrogens is 2. The summed E-state index contributed by atoms with van der Waals surface area (Å²) < 4.78 is 0. The molecule has 1 fully saturated rings. The van der Waals surface area contributed by atoms with Crippen LogP contribution in [0.25, 0.3) is 0 Å². The molecule has 8 N–H and O–H groups in total. The van der Waals surface area contributed by atoms with E-state index in [0.29, 0.717) is 24.1 Å². The van der Waals surface area contributed by atoms with Crippen LogP contribution in [0.15, 0.2) is 61.1 Å². The van der Waals surface area contributed by atoms with Gasteiger partial charge in [0.25, 0.3) is 0 Å². The number of phenols is 2. The maximum absolute atomic E-state index is 13.8. The highest BCUT2D eigenvalue weighted by Gasteiger charge is 2.39. The maximum atomic E-state index is 13.8. The number of likely N-dealkylation sites (tertiary alicyclic amines) is 1. The Morgan fingerprint density at radius 2 is 1.55 bits per heavy atom. The van der Waals surface area contributed by atoms with Gasteiger partial charge in [0.2, 0.25) is 17.7 Å². The van der Waals surface area contributed by atoms with E-state index in [0.717, 1.165) is 5.56 Å². The van der Waals surface area contributed by atoms with Gasteiger partial charge in [-0.3, -0.25) is 14.4 Å². The third kappa shape index (κ3) is 7.85. The highest BCUT2D eigenvalue weighted by molar-refractivity contribution is 5.94. The van der Waals surface area contributed by atoms with Crippen molar-refractivity contribution in [3.8, 4) is 11.5 Å². The number of carbonyl (C=O) groups is 4. The fourth-order valence-electron chi connectivity index (χ4n) is 4.91. The molecule has 222 valence electrons. The number of imidazole rings is 1. The summed E-state index contributed by atoms with van der Waals surface area (Å²) in [4.78, 5) is 60.1. The Kier molecular flexibility index (Phi) is 9.76. The Morgan fingerprint density at radius 1 is 0.929 bits per heavy atom. The van der Waals surface area contributed by atoms with E-state index >= 15 is 0 Å². The summed E-state index contributed by atoms with van der Waals surface area (Å²) in [5.74, 6) is -2.80. The summed E-state index contributed by atoms with van der Waals surface area (Å²) in [6, 6.07) is 8.20. The first-order valence-electron chi connectivity index (χ1n) is 13.5. The average Bonchev–Trinajstić information content (AvgIpc) is 3.67. The van der Waals surface area contributed by atoms with E-state index in [-0.39, 0.29) is 37.3 Å². The van der Waals surface area contributed by atoms with Crippen molar-refractivity contribution in [2.45, 2.75) is 56.3 Å². The first-order chi connectivity index (χ1) is 20.1. The number of carboxylic acid groups (broad SMARTS) is 1. The molecule has 1 aliphatic heterocycles. The van der Waals surface area contributed by atoms with Gasteiger partial charge in [0.05, 0.1) is 12.4 Å². The molecular weight excluding hydrogens is 544 g/mol. The lowest BCUT2D eigenvalue weighted by molar-refractivity contribution is -0.144. The minimum Gasteiger partial charge on any atom is -0.508 e. The third-order valence-electron chi connectivity index (χ3n) is 7.15. The number of nitrogens with zero attached hydrogens (tertiary/aromatic N) is 2. The monoisotopic (exact) mass is 578 g/mol. The largest absolute Gasteiger partial charge is 0.508 e. The van der Waals surface area contributed by atoms with Gasteiger partial charge in [-0.2, -0.15) is 0 Å². The molecule has 1 aromatic heterocycles. The summed E-state index contributed by atoms with van der Waals surface area (Å²) in [6.07, 6.45) is 3.94. The molecule has 4 unspecified atom stereocenters. The Morgan fingerprint density at radius 3 is 2.12 bits per heavy atom. The second kappa shape index (κ2) is 13.6. The van der Waals surface area contributed by atoms with E-state index in [1.54, 1.807) is 24.3 Å². The Balaban J connectivity index is 1.49. The zero-order valence-electron chi connectivity index (χ0n) is 22.8. The molecule has 4 rings (SSSR count). The second-order valence-electron chi connectivity index (χ2n) is 10.3. The molecule has 1 saturated heterocycles. The molecule has 2 aromatic carbocycles. The molecule has 1 aliphatic rings. The first-order valence-corrected chi connectivity index (χ1v) is 13.5. The molecule has 0 radical (unpaired) electrons. The fourth-order valence-corrected chi connectivity index (χ4v) is 4.91. The average molecular weight is 579 g/mol. The number of hydrogen-bond donors (Lipinski definition) is 7. The molecule has 3 amide bonds. The number of carboxylic acids is 1. The number of benzene rings is 2. The molecule has 42 heavy (non-hydrogen) atoms. The number of aromatic hydroxyl groups is 2. The maximum Gasteiger partial charge on any atom is 0.326 e. The highest BCUT2D eigenvalue weighted by atomic mass is 16.4. The van der Waals surface area contributed by atoms with Crippen molar-refractivity contribution in [1.29, 1.82) is 0 Å². The van der Waals surface area contributed by atoms with Gasteiger partial charge in [-0.1, -0.05) is 24.3 Å². The summed E-state index contributed by atoms with van der Waals surface area (Å²) in [5.41, 5.74) is 8.06. The van der Waals surface area contributed by atoms with Gasteiger partial charge >= 0.3 is 5.97 Å². The number of nitrogens with one attached hydrogen (secondary N) is 3. The van der Waals surface area contributed by atoms with Crippen LogP contribution in [0.1, 0.15) is 29.7 Å². The minimum atomic E-state index is -1.24. The molecule has 13 nitrogen and oxygen atoms in total. The predicted molar refractivity (Wildman–Crippen MR) is 150 cm³/mol. The first kappa shape index (κ1) is 30.1. The molecule has 2 heterocycles. The number of carbonyl (C=O) groups excluding carboxylic acids is 3. The molecule has 0 spiro atoms. The molecule has 4 atom stereocenters. The zero-order chi connectivity index (χ0) is 30.2. The van der Waals surface area contributed by atoms with E-state index < -0.39 is 47.9 Å². The van der Waals surface area contributed by atoms with Crippen LogP contribution in [-0.4, -0.2) is 84.6 Å². The minimum absolute atomic E-state index is 0.0137. The van der Waals surface area contributed by atoms with Gasteiger partial charge in [-0.25, -0.2) is 9.78 Å². The predicted octanol–water partition coefficient (Wildman–Crippen LogP) is 0.221. The number of amides is 3. The van der Waals surface area contributed by atoms with E-state index in [1.165, 1.54) is 41.7 Å². The lowest BCUT2D eigenvalue weighted by Gasteiger charge is -2.30. The number of rotatable bonds is 12. The van der Waals surface area contributed by atoms with Crippen LogP contribution in [0.2, 0.25) is 0 Å². The van der Waals surface area contributed by atoms with E-state index in [9.17, 15) is 34.5 Å². The summed E-state index contributed by atoms with van der Waals surface area (Å²) in [7, 11) is 0. The van der Waals surface area contributed by atoms with Crippen molar-refractivity contribution in [2.24, 2.45) is 5.73 Å². The molecule has 0 bridgehead atoms. The Hall–Kier alpha value is -4.91. The van der Waals surface area contributed by atoms with Crippen LogP contribution < -0.4 is 16.4 Å². The van der Waals surface area contributed by atoms with Crippen molar-refractivity contribution in [1.82, 2.24) is 25.5 Å². The quantitative estimate of drug-likeness (QED) is 0.156. The lowest BCUT2D eigenvalue weighted by atomic mass is 10.0. The summed E-state index contributed by atoms with van der Waals surface area (Å²) >= 11 is 0. The van der Waals surface area contributed by atoms with Crippen molar-refractivity contribution in [3.63, 3.8) is 0 Å². The third-order valence-corrected chi connectivity index (χ3v) is 7.15. The van der Waals surface area contributed by atoms with Crippen LogP contribution in [0.4, 0.5) is 0 Å². The van der Waals surface area contributed by atoms with Crippen molar-refractivity contribution in [2.75, 3.05) is 6.54 Å². The number of aromatic amines is 1. The van der Waals surface area contributed by atoms with Gasteiger partial charge in [-0.15, -0.1) is 0 Å². The fraction of sp³-hybridized carbons (Fsp3) is 0.345. The van der Waals surface area contributed by atoms with E-state index in [1.807, 2.05) is 0 Å². The topological polar surface area (TPSA) is 211 Å². The zero-order valence-corrected chi connectivity index (χ0v) is 22.8. The molecular formula is C29H34N6O7. The highest BCUT2D eigenvalue weighted by Crippen LogP contribution is 2.21. The lowest BCUT2D eigenvalue weighted by Crippen LogP contribution is -2.57. The van der Waals surface area contributed by atoms with E-state index in [4.69, 9.17) is 5.73 Å². The van der Waals surface area contributed by atoms with Crippen LogP contribution >= 0.6 is 0 Å². The van der Waals surface area contributed by atoms with Crippen molar-refractivity contribution < 1.29 is 34.5 Å². The number of H-pyrrole nitrogens is 1. The number of phenolic OH excluding ortho intramolecular Hbond substituents is 2. The van der Waals surface area contributed by atoms with Crippen molar-refractivity contribution in [3.05, 3.63) is 77.9 Å². The number of hydrogen-bond acceptors (Lipinski definition) is 8. The van der Waals surface area contributed by atoms with Crippen LogP contribution in [0, 0.1) is 0 Å². The van der Waals surface area contributed by atoms with Crippen LogP contribution in [-0.2, 0) is 38.4 Å². The molecule has 13 heteroatoms. The van der Waals surface area contributed by atoms with Crippen molar-refractivity contribution >= 4 is 23.7 Å². The molecule has 3 aromatic rings. The van der Waals surface area contributed by atoms with E-state index in [2.05, 4.69) is 20.6 Å².